The summed E-state index contributed by atoms with van der Waals surface area (Å²) in [5.74, 6) is -1.59. The quantitative estimate of drug-likeness (QED) is 0.341. The topological polar surface area (TPSA) is 104 Å². The van der Waals surface area contributed by atoms with E-state index in [1.807, 2.05) is 0 Å². The molecule has 0 bridgehead atoms. The summed E-state index contributed by atoms with van der Waals surface area (Å²) in [6.45, 7) is 1.66. The fourth-order valence-corrected chi connectivity index (χ4v) is 5.14. The molecule has 198 valence electrons. The highest BCUT2D eigenvalue weighted by molar-refractivity contribution is 6.36. The van der Waals surface area contributed by atoms with E-state index in [4.69, 9.17) is 30.2 Å². The summed E-state index contributed by atoms with van der Waals surface area (Å²) in [6.07, 6.45) is -3.38. The number of hydrogen-bond donors (Lipinski definition) is 1. The third-order valence-electron chi connectivity index (χ3n) is 6.66. The number of rotatable bonds is 4. The number of methoxy groups -OCH3 is 2. The molecule has 0 fully saturated rings. The fraction of sp³-hybridized carbons (Fsp3) is 0.269. The van der Waals surface area contributed by atoms with Gasteiger partial charge >= 0.3 is 11.8 Å². The lowest BCUT2D eigenvalue weighted by Gasteiger charge is -2.35. The first-order chi connectivity index (χ1) is 17.9. The molecule has 2 aliphatic rings. The van der Waals surface area contributed by atoms with Gasteiger partial charge in [0.25, 0.3) is 0 Å². The predicted molar refractivity (Wildman–Crippen MR) is 130 cm³/mol. The van der Waals surface area contributed by atoms with E-state index in [2.05, 4.69) is 5.32 Å². The third-order valence-corrected chi connectivity index (χ3v) is 7.02. The van der Waals surface area contributed by atoms with E-state index in [1.54, 1.807) is 6.92 Å². The number of carbonyl (C=O) groups excluding carboxylic acids is 2. The van der Waals surface area contributed by atoms with Crippen molar-refractivity contribution in [2.75, 3.05) is 19.5 Å². The van der Waals surface area contributed by atoms with Crippen molar-refractivity contribution in [1.82, 2.24) is 0 Å². The molecule has 1 aliphatic carbocycles. The lowest BCUT2D eigenvalue weighted by molar-refractivity contribution is -0.136. The molecule has 12 heteroatoms. The van der Waals surface area contributed by atoms with Crippen molar-refractivity contribution < 1.29 is 41.4 Å². The lowest BCUT2D eigenvalue weighted by atomic mass is 9.74. The van der Waals surface area contributed by atoms with Crippen LogP contribution >= 0.6 is 11.6 Å². The van der Waals surface area contributed by atoms with Gasteiger partial charge < -0.3 is 23.9 Å². The molecule has 2 atom stereocenters. The summed E-state index contributed by atoms with van der Waals surface area (Å²) in [4.78, 5) is 38.7. The second-order valence-corrected chi connectivity index (χ2v) is 9.30. The first-order valence-corrected chi connectivity index (χ1v) is 11.6. The molecule has 2 aromatic carbocycles. The van der Waals surface area contributed by atoms with Crippen molar-refractivity contribution >= 4 is 39.8 Å². The minimum Gasteiger partial charge on any atom is -0.496 e. The second kappa shape index (κ2) is 8.80. The van der Waals surface area contributed by atoms with Crippen LogP contribution in [0.2, 0.25) is 5.02 Å². The van der Waals surface area contributed by atoms with Crippen LogP contribution in [0.4, 0.5) is 18.9 Å². The van der Waals surface area contributed by atoms with Crippen molar-refractivity contribution in [1.29, 1.82) is 0 Å². The summed E-state index contributed by atoms with van der Waals surface area (Å²) in [5, 5.41) is 2.71. The monoisotopic (exact) mass is 549 g/mol. The predicted octanol–water partition coefficient (Wildman–Crippen LogP) is 5.40. The number of nitrogens with one attached hydrogen (secondary N) is 1. The Morgan fingerprint density at radius 1 is 1.08 bits per heavy atom. The first kappa shape index (κ1) is 25.7. The first-order valence-electron chi connectivity index (χ1n) is 11.3. The van der Waals surface area contributed by atoms with E-state index < -0.39 is 40.5 Å². The van der Waals surface area contributed by atoms with Crippen molar-refractivity contribution in [3.05, 3.63) is 68.7 Å². The Bertz CT molecular complexity index is 1610. The molecule has 1 aliphatic heterocycles. The van der Waals surface area contributed by atoms with Crippen LogP contribution in [0.15, 0.2) is 51.3 Å². The maximum Gasteiger partial charge on any atom is 0.417 e. The van der Waals surface area contributed by atoms with Crippen LogP contribution in [0.5, 0.6) is 17.2 Å². The molecule has 1 aromatic heterocycles. The van der Waals surface area contributed by atoms with Crippen molar-refractivity contribution in [2.24, 2.45) is 5.92 Å². The van der Waals surface area contributed by atoms with Crippen LogP contribution < -0.4 is 25.2 Å². The zero-order valence-corrected chi connectivity index (χ0v) is 20.9. The molecule has 2 heterocycles. The number of benzene rings is 2. The van der Waals surface area contributed by atoms with E-state index >= 15 is 0 Å². The highest BCUT2D eigenvalue weighted by Gasteiger charge is 2.60. The Kier molecular flexibility index (Phi) is 5.94. The Labute approximate surface area is 217 Å². The molecule has 38 heavy (non-hydrogen) atoms. The Balaban J connectivity index is 1.49. The van der Waals surface area contributed by atoms with Crippen LogP contribution in [0, 0.1) is 5.92 Å². The Hall–Kier alpha value is -3.99. The van der Waals surface area contributed by atoms with Gasteiger partial charge in [-0.05, 0) is 18.6 Å². The highest BCUT2D eigenvalue weighted by atomic mass is 35.5. The van der Waals surface area contributed by atoms with Gasteiger partial charge in [-0.25, -0.2) is 4.79 Å². The van der Waals surface area contributed by atoms with E-state index in [-0.39, 0.29) is 50.9 Å². The zero-order valence-electron chi connectivity index (χ0n) is 20.1. The zero-order chi connectivity index (χ0) is 27.6. The summed E-state index contributed by atoms with van der Waals surface area (Å²) >= 11 is 6.38. The number of carbonyl (C=O) groups is 2. The summed E-state index contributed by atoms with van der Waals surface area (Å²) in [6, 6.07) is 5.59. The number of fused-ring (bicyclic) bond motifs is 2. The number of ketones is 2. The summed E-state index contributed by atoms with van der Waals surface area (Å²) in [5.41, 5.74) is -3.72. The molecular weight excluding hydrogens is 531 g/mol. The van der Waals surface area contributed by atoms with Gasteiger partial charge in [-0.1, -0.05) is 18.5 Å². The number of anilines is 1. The standard InChI is InChI=1S/C26H19ClF3NO7/c1-11-6-13(31-12-4-5-14-15(26(28,29)30)9-20(33)37-16(14)7-12)8-19(32)25(11)24(34)21-17(35-2)10-18(36-3)22(27)23(21)38-25/h4-5,7-11,31H,6H2,1-3H3/t11-,25+/m1/s1. The van der Waals surface area contributed by atoms with E-state index in [1.165, 1.54) is 44.6 Å². The molecule has 0 radical (unpaired) electrons. The van der Waals surface area contributed by atoms with Crippen LogP contribution in [0.25, 0.3) is 11.0 Å². The van der Waals surface area contributed by atoms with E-state index in [0.29, 0.717) is 11.8 Å². The van der Waals surface area contributed by atoms with Gasteiger partial charge in [0.05, 0.1) is 19.8 Å². The fourth-order valence-electron chi connectivity index (χ4n) is 4.88. The number of halogens is 4. The normalized spacial score (nSPS) is 20.8. The van der Waals surface area contributed by atoms with E-state index in [0.717, 1.165) is 0 Å². The van der Waals surface area contributed by atoms with Gasteiger partial charge in [-0.15, -0.1) is 0 Å². The average molecular weight is 550 g/mol. The van der Waals surface area contributed by atoms with Crippen molar-refractivity contribution in [3.63, 3.8) is 0 Å². The van der Waals surface area contributed by atoms with Gasteiger partial charge in [0.2, 0.25) is 17.2 Å². The van der Waals surface area contributed by atoms with Gasteiger partial charge in [-0.2, -0.15) is 13.2 Å². The molecule has 8 nitrogen and oxygen atoms in total. The molecule has 3 aromatic rings. The largest absolute Gasteiger partial charge is 0.496 e. The molecule has 0 saturated heterocycles. The number of hydrogen-bond acceptors (Lipinski definition) is 8. The molecule has 1 spiro atoms. The van der Waals surface area contributed by atoms with Gasteiger partial charge in [0.15, 0.2) is 5.75 Å². The van der Waals surface area contributed by atoms with Crippen molar-refractivity contribution in [3.8, 4) is 17.2 Å². The Morgan fingerprint density at radius 2 is 1.79 bits per heavy atom. The number of ether oxygens (including phenoxy) is 3. The number of Topliss-reactive ketones (excluding diaryl/α,β-unsaturated/α-hetero) is 1. The third kappa shape index (κ3) is 3.80. The second-order valence-electron chi connectivity index (χ2n) is 8.92. The van der Waals surface area contributed by atoms with Crippen LogP contribution in [0.3, 0.4) is 0 Å². The maximum absolute atomic E-state index is 13.6. The summed E-state index contributed by atoms with van der Waals surface area (Å²) in [7, 11) is 2.75. The minimum atomic E-state index is -4.74. The molecule has 5 rings (SSSR count). The van der Waals surface area contributed by atoms with Gasteiger partial charge in [-0.3, -0.25) is 9.59 Å². The molecular formula is C26H19ClF3NO7. The lowest BCUT2D eigenvalue weighted by Crippen LogP contribution is -2.55. The average Bonchev–Trinajstić information content (AvgIpc) is 3.16. The highest BCUT2D eigenvalue weighted by Crippen LogP contribution is 2.53. The SMILES string of the molecule is COc1cc(OC)c2c(c1Cl)O[C@@]1(C(=O)C=C(Nc3ccc4c(C(F)(F)F)cc(=O)oc4c3)C[C@H]1C)C2=O. The maximum atomic E-state index is 13.6. The van der Waals surface area contributed by atoms with E-state index in [9.17, 15) is 27.6 Å². The van der Waals surface area contributed by atoms with Gasteiger partial charge in [0.1, 0.15) is 27.7 Å². The number of allylic oxidation sites excluding steroid dienone is 1. The molecule has 0 amide bonds. The van der Waals surface area contributed by atoms with Gasteiger partial charge in [0, 0.05) is 47.0 Å². The van der Waals surface area contributed by atoms with Crippen LogP contribution in [-0.2, 0) is 11.0 Å². The van der Waals surface area contributed by atoms with Crippen LogP contribution in [-0.4, -0.2) is 31.4 Å². The molecule has 0 unspecified atom stereocenters. The van der Waals surface area contributed by atoms with Crippen molar-refractivity contribution in [2.45, 2.75) is 25.1 Å². The minimum absolute atomic E-state index is 0.0112. The van der Waals surface area contributed by atoms with Crippen LogP contribution in [0.1, 0.15) is 29.3 Å². The Morgan fingerprint density at radius 3 is 2.42 bits per heavy atom. The molecule has 1 N–H and O–H groups in total. The molecule has 0 saturated carbocycles. The summed E-state index contributed by atoms with van der Waals surface area (Å²) < 4.78 is 61.5. The number of alkyl halides is 3. The smallest absolute Gasteiger partial charge is 0.417 e.